The number of hydrogen-bond acceptors (Lipinski definition) is 7. The highest BCUT2D eigenvalue weighted by atomic mass is 19.1. The van der Waals surface area contributed by atoms with Gasteiger partial charge in [-0.05, 0) is 69.0 Å². The van der Waals surface area contributed by atoms with Crippen molar-refractivity contribution in [3.05, 3.63) is 70.7 Å². The van der Waals surface area contributed by atoms with Crippen LogP contribution in [-0.4, -0.2) is 74.4 Å². The average Bonchev–Trinajstić information content (AvgIpc) is 2.92. The molecule has 1 saturated heterocycles. The summed E-state index contributed by atoms with van der Waals surface area (Å²) in [5.41, 5.74) is 3.96. The first-order chi connectivity index (χ1) is 19.3. The lowest BCUT2D eigenvalue weighted by molar-refractivity contribution is -0.136. The van der Waals surface area contributed by atoms with Crippen molar-refractivity contribution < 1.29 is 28.2 Å². The van der Waals surface area contributed by atoms with Crippen LogP contribution in [0.4, 0.5) is 4.39 Å². The smallest absolute Gasteiger partial charge is 0.333 e. The van der Waals surface area contributed by atoms with E-state index in [1.165, 1.54) is 19.2 Å². The van der Waals surface area contributed by atoms with Gasteiger partial charge < -0.3 is 19.1 Å². The zero-order valence-corrected chi connectivity index (χ0v) is 23.5. The molecule has 212 valence electrons. The zero-order chi connectivity index (χ0) is 28.8. The van der Waals surface area contributed by atoms with Crippen molar-refractivity contribution in [2.45, 2.75) is 39.8 Å². The Balaban J connectivity index is 1.50. The first kappa shape index (κ1) is 29.0. The van der Waals surface area contributed by atoms with Crippen LogP contribution in [0.2, 0.25) is 0 Å². The molecule has 4 rings (SSSR count). The van der Waals surface area contributed by atoms with Crippen LogP contribution in [0, 0.1) is 5.82 Å². The van der Waals surface area contributed by atoms with Crippen LogP contribution in [0.3, 0.4) is 0 Å². The second-order valence-electron chi connectivity index (χ2n) is 9.77. The molecule has 2 aromatic rings. The van der Waals surface area contributed by atoms with Crippen molar-refractivity contribution >= 4 is 18.6 Å². The van der Waals surface area contributed by atoms with Gasteiger partial charge >= 0.3 is 5.97 Å². The van der Waals surface area contributed by atoms with E-state index < -0.39 is 5.97 Å². The molecule has 0 atom stereocenters. The number of carbonyl (C=O) groups is 2. The van der Waals surface area contributed by atoms with Gasteiger partial charge in [0.25, 0.3) is 5.91 Å². The molecule has 9 heteroatoms. The predicted octanol–water partition coefficient (Wildman–Crippen LogP) is 4.78. The third-order valence-corrected chi connectivity index (χ3v) is 7.09. The highest BCUT2D eigenvalue weighted by Gasteiger charge is 2.38. The maximum absolute atomic E-state index is 13.6. The largest absolute Gasteiger partial charge is 0.493 e. The minimum Gasteiger partial charge on any atom is -0.493 e. The van der Waals surface area contributed by atoms with Gasteiger partial charge in [-0.15, -0.1) is 0 Å². The maximum atomic E-state index is 13.6. The van der Waals surface area contributed by atoms with Gasteiger partial charge in [-0.1, -0.05) is 12.1 Å². The summed E-state index contributed by atoms with van der Waals surface area (Å²) in [6.45, 7) is 12.7. The fourth-order valence-corrected chi connectivity index (χ4v) is 5.14. The lowest BCUT2D eigenvalue weighted by Crippen LogP contribution is -2.61. The standard InChI is InChI=1S/C31H36FN3O5/c1-6-39-27-15-21(16-28(40-7-2)29(27)22-8-10-23(32)11-9-22)17-34-18-24(19-34)35-13-12-26(33-4)25(30(35)36)14-20(3)31(37)38-5/h8-11,14-16,24H,4,6-7,12-13,17-19H2,1-3,5H3/b20-14+. The Morgan fingerprint density at radius 1 is 1.12 bits per heavy atom. The molecular formula is C31H36FN3O5. The van der Waals surface area contributed by atoms with Crippen LogP contribution in [0.5, 0.6) is 11.5 Å². The Morgan fingerprint density at radius 3 is 2.30 bits per heavy atom. The Hall–Kier alpha value is -3.98. The lowest BCUT2D eigenvalue weighted by Gasteiger charge is -2.46. The minimum atomic E-state index is -0.487. The number of benzene rings is 2. The van der Waals surface area contributed by atoms with Crippen molar-refractivity contribution in [3.8, 4) is 22.6 Å². The number of amides is 1. The number of ether oxygens (including phenoxy) is 3. The van der Waals surface area contributed by atoms with Crippen molar-refractivity contribution in [2.75, 3.05) is 40.0 Å². The van der Waals surface area contributed by atoms with Crippen LogP contribution >= 0.6 is 0 Å². The van der Waals surface area contributed by atoms with Gasteiger partial charge in [-0.3, -0.25) is 14.7 Å². The van der Waals surface area contributed by atoms with Crippen LogP contribution in [-0.2, 0) is 20.9 Å². The Morgan fingerprint density at radius 2 is 1.75 bits per heavy atom. The maximum Gasteiger partial charge on any atom is 0.333 e. The molecule has 2 aromatic carbocycles. The van der Waals surface area contributed by atoms with Gasteiger partial charge in [-0.25, -0.2) is 9.18 Å². The molecule has 0 bridgehead atoms. The fourth-order valence-electron chi connectivity index (χ4n) is 5.14. The number of methoxy groups -OCH3 is 1. The molecule has 0 aromatic heterocycles. The summed E-state index contributed by atoms with van der Waals surface area (Å²) >= 11 is 0. The normalized spacial score (nSPS) is 16.6. The Kier molecular flexibility index (Phi) is 9.37. The second kappa shape index (κ2) is 12.9. The van der Waals surface area contributed by atoms with Crippen molar-refractivity contribution in [1.29, 1.82) is 0 Å². The van der Waals surface area contributed by atoms with E-state index in [1.807, 2.05) is 30.9 Å². The molecule has 2 heterocycles. The number of hydrogen-bond donors (Lipinski definition) is 0. The van der Waals surface area contributed by atoms with E-state index in [4.69, 9.17) is 14.2 Å². The molecule has 2 aliphatic heterocycles. The predicted molar refractivity (Wildman–Crippen MR) is 152 cm³/mol. The average molecular weight is 550 g/mol. The summed E-state index contributed by atoms with van der Waals surface area (Å²) in [4.78, 5) is 33.4. The molecule has 1 amide bonds. The van der Waals surface area contributed by atoms with Crippen molar-refractivity contribution in [3.63, 3.8) is 0 Å². The number of likely N-dealkylation sites (tertiary alicyclic amines) is 1. The first-order valence-corrected chi connectivity index (χ1v) is 13.5. The monoisotopic (exact) mass is 549 g/mol. The van der Waals surface area contributed by atoms with E-state index in [0.717, 1.165) is 16.7 Å². The zero-order valence-electron chi connectivity index (χ0n) is 23.5. The molecule has 0 saturated carbocycles. The van der Waals surface area contributed by atoms with Crippen LogP contribution in [0.15, 0.2) is 64.3 Å². The fraction of sp³-hybridized carbons (Fsp3) is 0.387. The number of carbonyl (C=O) groups excluding carboxylic acids is 2. The minimum absolute atomic E-state index is 0.0527. The topological polar surface area (TPSA) is 80.7 Å². The number of halogens is 1. The Labute approximate surface area is 234 Å². The molecule has 0 unspecified atom stereocenters. The molecule has 0 spiro atoms. The number of aliphatic imine (C=N–C) groups is 1. The van der Waals surface area contributed by atoms with Gasteiger partial charge in [0, 0.05) is 38.2 Å². The quantitative estimate of drug-likeness (QED) is 0.228. The molecule has 40 heavy (non-hydrogen) atoms. The van der Waals surface area contributed by atoms with Crippen LogP contribution in [0.25, 0.3) is 11.1 Å². The molecule has 1 fully saturated rings. The van der Waals surface area contributed by atoms with E-state index >= 15 is 0 Å². The SMILES string of the molecule is C=NC1=C(/C=C(\C)C(=O)OC)C(=O)N(C2CN(Cc3cc(OCC)c(-c4ccc(F)cc4)c(OCC)c3)C2)CC1. The first-order valence-electron chi connectivity index (χ1n) is 13.5. The number of esters is 1. The molecular weight excluding hydrogens is 513 g/mol. The van der Waals surface area contributed by atoms with Crippen LogP contribution in [0.1, 0.15) is 32.8 Å². The van der Waals surface area contributed by atoms with E-state index in [-0.39, 0.29) is 17.8 Å². The van der Waals surface area contributed by atoms with Gasteiger partial charge in [0.15, 0.2) is 0 Å². The van der Waals surface area contributed by atoms with Gasteiger partial charge in [-0.2, -0.15) is 0 Å². The summed E-state index contributed by atoms with van der Waals surface area (Å²) in [7, 11) is 1.31. The molecule has 0 N–H and O–H groups in total. The third kappa shape index (κ3) is 6.25. The molecule has 0 radical (unpaired) electrons. The van der Waals surface area contributed by atoms with E-state index in [0.29, 0.717) is 74.2 Å². The number of nitrogens with zero attached hydrogens (tertiary/aromatic N) is 3. The van der Waals surface area contributed by atoms with Crippen molar-refractivity contribution in [1.82, 2.24) is 9.80 Å². The van der Waals surface area contributed by atoms with E-state index in [1.54, 1.807) is 25.1 Å². The summed E-state index contributed by atoms with van der Waals surface area (Å²) in [5, 5.41) is 0. The summed E-state index contributed by atoms with van der Waals surface area (Å²) in [6.07, 6.45) is 2.13. The molecule has 2 aliphatic rings. The summed E-state index contributed by atoms with van der Waals surface area (Å²) in [5.74, 6) is 0.433. The van der Waals surface area contributed by atoms with Gasteiger partial charge in [0.05, 0.1) is 43.2 Å². The molecule has 8 nitrogen and oxygen atoms in total. The lowest BCUT2D eigenvalue weighted by atomic mass is 9.97. The van der Waals surface area contributed by atoms with Gasteiger partial charge in [0.1, 0.15) is 17.3 Å². The third-order valence-electron chi connectivity index (χ3n) is 7.09. The highest BCUT2D eigenvalue weighted by Crippen LogP contribution is 2.41. The summed E-state index contributed by atoms with van der Waals surface area (Å²) < 4.78 is 30.4. The number of rotatable bonds is 11. The van der Waals surface area contributed by atoms with Crippen molar-refractivity contribution in [2.24, 2.45) is 4.99 Å². The molecule has 0 aliphatic carbocycles. The van der Waals surface area contributed by atoms with E-state index in [9.17, 15) is 14.0 Å². The van der Waals surface area contributed by atoms with Gasteiger partial charge in [0.2, 0.25) is 0 Å². The van der Waals surface area contributed by atoms with E-state index in [2.05, 4.69) is 16.6 Å². The highest BCUT2D eigenvalue weighted by molar-refractivity contribution is 6.00. The summed E-state index contributed by atoms with van der Waals surface area (Å²) in [6, 6.07) is 10.4. The van der Waals surface area contributed by atoms with Crippen LogP contribution < -0.4 is 9.47 Å². The Bertz CT molecular complexity index is 1300. The second-order valence-corrected chi connectivity index (χ2v) is 9.77.